The first-order valence-electron chi connectivity index (χ1n) is 6.70. The van der Waals surface area contributed by atoms with E-state index in [-0.39, 0.29) is 10.6 Å². The van der Waals surface area contributed by atoms with E-state index in [0.29, 0.717) is 12.2 Å². The summed E-state index contributed by atoms with van der Waals surface area (Å²) in [6.07, 6.45) is 1.01. The number of nitrogens with one attached hydrogen (secondary N) is 1. The van der Waals surface area contributed by atoms with Gasteiger partial charge < -0.3 is 10.1 Å². The molecule has 0 heterocycles. The quantitative estimate of drug-likeness (QED) is 0.851. The van der Waals surface area contributed by atoms with Crippen LogP contribution in [0.3, 0.4) is 0 Å². The third kappa shape index (κ3) is 4.37. The second kappa shape index (κ2) is 6.89. The van der Waals surface area contributed by atoms with E-state index in [2.05, 4.69) is 5.32 Å². The van der Waals surface area contributed by atoms with Crippen molar-refractivity contribution in [3.63, 3.8) is 0 Å². The van der Waals surface area contributed by atoms with Gasteiger partial charge in [0, 0.05) is 18.9 Å². The SMILES string of the molecule is COCc1ccc(C(=O)Nc2cc(S(C)(=O)=O)ccc2F)cc1. The second-order valence-electron chi connectivity index (χ2n) is 5.00. The van der Waals surface area contributed by atoms with Gasteiger partial charge in [0.2, 0.25) is 0 Å². The molecular formula is C16H16FNO4S. The molecule has 0 atom stereocenters. The van der Waals surface area contributed by atoms with Crippen molar-refractivity contribution in [2.24, 2.45) is 0 Å². The number of carbonyl (C=O) groups excluding carboxylic acids is 1. The molecule has 0 aliphatic carbocycles. The molecule has 23 heavy (non-hydrogen) atoms. The van der Waals surface area contributed by atoms with E-state index in [1.165, 1.54) is 0 Å². The maximum atomic E-state index is 13.8. The van der Waals surface area contributed by atoms with Crippen molar-refractivity contribution >= 4 is 21.4 Å². The third-order valence-electron chi connectivity index (χ3n) is 3.14. The van der Waals surface area contributed by atoms with Gasteiger partial charge in [0.25, 0.3) is 5.91 Å². The molecular weight excluding hydrogens is 321 g/mol. The van der Waals surface area contributed by atoms with Crippen molar-refractivity contribution < 1.29 is 22.3 Å². The smallest absolute Gasteiger partial charge is 0.255 e. The zero-order valence-corrected chi connectivity index (χ0v) is 13.5. The van der Waals surface area contributed by atoms with E-state index in [1.54, 1.807) is 31.4 Å². The number of hydrogen-bond acceptors (Lipinski definition) is 4. The summed E-state index contributed by atoms with van der Waals surface area (Å²) in [5, 5.41) is 2.38. The number of hydrogen-bond donors (Lipinski definition) is 1. The van der Waals surface area contributed by atoms with E-state index < -0.39 is 21.6 Å². The molecule has 0 fully saturated rings. The van der Waals surface area contributed by atoms with Gasteiger partial charge in [0.15, 0.2) is 9.84 Å². The van der Waals surface area contributed by atoms with Crippen molar-refractivity contribution in [2.75, 3.05) is 18.7 Å². The minimum atomic E-state index is -3.49. The Hall–Kier alpha value is -2.25. The van der Waals surface area contributed by atoms with Crippen LogP contribution in [0.4, 0.5) is 10.1 Å². The second-order valence-corrected chi connectivity index (χ2v) is 7.01. The summed E-state index contributed by atoms with van der Waals surface area (Å²) in [7, 11) is -1.92. The molecule has 7 heteroatoms. The Morgan fingerprint density at radius 3 is 2.39 bits per heavy atom. The fourth-order valence-electron chi connectivity index (χ4n) is 1.94. The molecule has 122 valence electrons. The van der Waals surface area contributed by atoms with Crippen LogP contribution in [0.15, 0.2) is 47.4 Å². The molecule has 2 aromatic carbocycles. The Labute approximate surface area is 134 Å². The van der Waals surface area contributed by atoms with Gasteiger partial charge >= 0.3 is 0 Å². The monoisotopic (exact) mass is 337 g/mol. The van der Waals surface area contributed by atoms with Gasteiger partial charge in [0.05, 0.1) is 17.2 Å². The van der Waals surface area contributed by atoms with Crippen molar-refractivity contribution in [1.29, 1.82) is 0 Å². The van der Waals surface area contributed by atoms with Crippen LogP contribution < -0.4 is 5.32 Å². The lowest BCUT2D eigenvalue weighted by Gasteiger charge is -2.09. The molecule has 0 aromatic heterocycles. The summed E-state index contributed by atoms with van der Waals surface area (Å²) >= 11 is 0. The van der Waals surface area contributed by atoms with Crippen LogP contribution in [-0.4, -0.2) is 27.7 Å². The molecule has 1 amide bonds. The number of anilines is 1. The normalized spacial score (nSPS) is 11.3. The Balaban J connectivity index is 2.23. The highest BCUT2D eigenvalue weighted by atomic mass is 32.2. The summed E-state index contributed by atoms with van der Waals surface area (Å²) in [6.45, 7) is 0.424. The Kier molecular flexibility index (Phi) is 5.12. The van der Waals surface area contributed by atoms with E-state index >= 15 is 0 Å². The molecule has 0 saturated heterocycles. The lowest BCUT2D eigenvalue weighted by molar-refractivity contribution is 0.102. The van der Waals surface area contributed by atoms with Gasteiger partial charge in [-0.2, -0.15) is 0 Å². The number of methoxy groups -OCH3 is 1. The largest absolute Gasteiger partial charge is 0.380 e. The molecule has 0 saturated carbocycles. The number of ether oxygens (including phenoxy) is 1. The predicted molar refractivity (Wildman–Crippen MR) is 84.6 cm³/mol. The zero-order valence-electron chi connectivity index (χ0n) is 12.7. The highest BCUT2D eigenvalue weighted by molar-refractivity contribution is 7.90. The van der Waals surface area contributed by atoms with E-state index in [9.17, 15) is 17.6 Å². The maximum absolute atomic E-state index is 13.8. The summed E-state index contributed by atoms with van der Waals surface area (Å²) < 4.78 is 41.8. The fourth-order valence-corrected chi connectivity index (χ4v) is 2.59. The van der Waals surface area contributed by atoms with E-state index in [4.69, 9.17) is 4.74 Å². The average Bonchev–Trinajstić information content (AvgIpc) is 2.49. The molecule has 0 spiro atoms. The Morgan fingerprint density at radius 2 is 1.83 bits per heavy atom. The summed E-state index contributed by atoms with van der Waals surface area (Å²) in [6, 6.07) is 9.88. The zero-order chi connectivity index (χ0) is 17.0. The lowest BCUT2D eigenvalue weighted by Crippen LogP contribution is -2.13. The summed E-state index contributed by atoms with van der Waals surface area (Å²) in [5.41, 5.74) is 1.04. The van der Waals surface area contributed by atoms with Crippen LogP contribution in [0, 0.1) is 5.82 Å². The molecule has 0 bridgehead atoms. The fraction of sp³-hybridized carbons (Fsp3) is 0.188. The standard InChI is InChI=1S/C16H16FNO4S/c1-22-10-11-3-5-12(6-4-11)16(19)18-15-9-13(23(2,20)21)7-8-14(15)17/h3-9H,10H2,1-2H3,(H,18,19). The molecule has 1 N–H and O–H groups in total. The number of amides is 1. The topological polar surface area (TPSA) is 72.5 Å². The molecule has 5 nitrogen and oxygen atoms in total. The van der Waals surface area contributed by atoms with E-state index in [1.807, 2.05) is 0 Å². The minimum Gasteiger partial charge on any atom is -0.380 e. The highest BCUT2D eigenvalue weighted by Gasteiger charge is 2.14. The third-order valence-corrected chi connectivity index (χ3v) is 4.25. The van der Waals surface area contributed by atoms with Gasteiger partial charge in [-0.05, 0) is 35.9 Å². The van der Waals surface area contributed by atoms with E-state index in [0.717, 1.165) is 30.0 Å². The van der Waals surface area contributed by atoms with Gasteiger partial charge in [-0.15, -0.1) is 0 Å². The van der Waals surface area contributed by atoms with Crippen molar-refractivity contribution in [3.8, 4) is 0 Å². The maximum Gasteiger partial charge on any atom is 0.255 e. The molecule has 2 aromatic rings. The van der Waals surface area contributed by atoms with Crippen LogP contribution >= 0.6 is 0 Å². The van der Waals surface area contributed by atoms with Gasteiger partial charge in [-0.3, -0.25) is 4.79 Å². The van der Waals surface area contributed by atoms with Crippen LogP contribution in [0.1, 0.15) is 15.9 Å². The number of rotatable bonds is 5. The molecule has 0 aliphatic rings. The molecule has 0 aliphatic heterocycles. The van der Waals surface area contributed by atoms with Crippen LogP contribution in [0.25, 0.3) is 0 Å². The first kappa shape index (κ1) is 17.1. The Bertz CT molecular complexity index is 816. The molecule has 0 unspecified atom stereocenters. The van der Waals surface area contributed by atoms with Gasteiger partial charge in [0.1, 0.15) is 5.82 Å². The number of halogens is 1. The van der Waals surface area contributed by atoms with Crippen molar-refractivity contribution in [3.05, 3.63) is 59.4 Å². The highest BCUT2D eigenvalue weighted by Crippen LogP contribution is 2.20. The number of benzene rings is 2. The molecule has 0 radical (unpaired) electrons. The summed E-state index contributed by atoms with van der Waals surface area (Å²) in [4.78, 5) is 12.1. The van der Waals surface area contributed by atoms with Crippen LogP contribution in [0.5, 0.6) is 0 Å². The summed E-state index contributed by atoms with van der Waals surface area (Å²) in [5.74, 6) is -1.24. The van der Waals surface area contributed by atoms with Crippen LogP contribution in [-0.2, 0) is 21.2 Å². The lowest BCUT2D eigenvalue weighted by atomic mass is 10.1. The Morgan fingerprint density at radius 1 is 1.17 bits per heavy atom. The van der Waals surface area contributed by atoms with Crippen molar-refractivity contribution in [2.45, 2.75) is 11.5 Å². The van der Waals surface area contributed by atoms with Gasteiger partial charge in [-0.1, -0.05) is 12.1 Å². The van der Waals surface area contributed by atoms with Crippen molar-refractivity contribution in [1.82, 2.24) is 0 Å². The predicted octanol–water partition coefficient (Wildman–Crippen LogP) is 2.63. The van der Waals surface area contributed by atoms with Crippen LogP contribution in [0.2, 0.25) is 0 Å². The van der Waals surface area contributed by atoms with Gasteiger partial charge in [-0.25, -0.2) is 12.8 Å². The number of sulfone groups is 1. The average molecular weight is 337 g/mol. The molecule has 2 rings (SSSR count). The first-order chi connectivity index (χ1) is 10.8. The minimum absolute atomic E-state index is 0.0651. The number of carbonyl (C=O) groups is 1. The first-order valence-corrected chi connectivity index (χ1v) is 8.59.